The number of pyridine rings is 1. The molecule has 5 nitrogen and oxygen atoms in total. The number of aryl methyl sites for hydroxylation is 1. The number of aromatic nitrogens is 1. The van der Waals surface area contributed by atoms with Crippen molar-refractivity contribution in [3.8, 4) is 0 Å². The highest BCUT2D eigenvalue weighted by Gasteiger charge is 2.31. The second-order valence-electron chi connectivity index (χ2n) is 5.96. The molecule has 0 aliphatic carbocycles. The summed E-state index contributed by atoms with van der Waals surface area (Å²) >= 11 is 0.929. The van der Waals surface area contributed by atoms with Gasteiger partial charge in [-0.1, -0.05) is 12.1 Å². The Morgan fingerprint density at radius 3 is 2.61 bits per heavy atom. The first kappa shape index (κ1) is 19.8. The van der Waals surface area contributed by atoms with Crippen molar-refractivity contribution in [2.75, 3.05) is 12.3 Å². The predicted molar refractivity (Wildman–Crippen MR) is 99.6 cm³/mol. The molecule has 0 fully saturated rings. The summed E-state index contributed by atoms with van der Waals surface area (Å²) in [6.45, 7) is 3.48. The molecule has 2 heterocycles. The number of nitrogens with two attached hydrogens (primary N) is 1. The second-order valence-corrected chi connectivity index (χ2v) is 6.96. The number of carbonyl (C=O) groups excluding carboxylic acids is 2. The van der Waals surface area contributed by atoms with Gasteiger partial charge in [0.05, 0.1) is 23.4 Å². The van der Waals surface area contributed by atoms with Crippen molar-refractivity contribution in [3.63, 3.8) is 0 Å². The van der Waals surface area contributed by atoms with Crippen molar-refractivity contribution in [1.82, 2.24) is 4.98 Å². The van der Waals surface area contributed by atoms with Crippen molar-refractivity contribution in [2.24, 2.45) is 0 Å². The summed E-state index contributed by atoms with van der Waals surface area (Å²) in [6, 6.07) is 5.60. The van der Waals surface area contributed by atoms with Gasteiger partial charge in [0, 0.05) is 16.6 Å². The van der Waals surface area contributed by atoms with Gasteiger partial charge in [0.25, 0.3) is 0 Å². The first-order chi connectivity index (χ1) is 13.1. The summed E-state index contributed by atoms with van der Waals surface area (Å²) in [5, 5.41) is 0.268. The Balaban J connectivity index is 2.15. The maximum atomic E-state index is 12.9. The van der Waals surface area contributed by atoms with E-state index in [1.165, 1.54) is 12.1 Å². The minimum Gasteiger partial charge on any atom is -0.462 e. The number of anilines is 1. The lowest BCUT2D eigenvalue weighted by atomic mass is 10.0. The second kappa shape index (κ2) is 7.23. The number of hydrogen-bond acceptors (Lipinski definition) is 6. The molecule has 1 aromatic carbocycles. The third kappa shape index (κ3) is 3.57. The van der Waals surface area contributed by atoms with Crippen LogP contribution >= 0.6 is 11.3 Å². The highest BCUT2D eigenvalue weighted by Crippen LogP contribution is 2.37. The fraction of sp³-hybridized carbons (Fsp3) is 0.211. The van der Waals surface area contributed by atoms with Crippen LogP contribution in [0.5, 0.6) is 0 Å². The zero-order valence-electron chi connectivity index (χ0n) is 14.9. The Labute approximate surface area is 161 Å². The normalized spacial score (nSPS) is 11.6. The highest BCUT2D eigenvalue weighted by molar-refractivity contribution is 7.21. The van der Waals surface area contributed by atoms with Crippen LogP contribution in [0.4, 0.5) is 18.9 Å². The molecule has 3 rings (SSSR count). The van der Waals surface area contributed by atoms with Gasteiger partial charge in [-0.25, -0.2) is 9.78 Å². The molecule has 28 heavy (non-hydrogen) atoms. The molecule has 0 amide bonds. The van der Waals surface area contributed by atoms with E-state index in [9.17, 15) is 22.8 Å². The van der Waals surface area contributed by atoms with Crippen molar-refractivity contribution >= 4 is 39.0 Å². The van der Waals surface area contributed by atoms with Crippen LogP contribution in [0.15, 0.2) is 30.3 Å². The number of halogens is 3. The number of hydrogen-bond donors (Lipinski definition) is 1. The number of nitrogens with zero attached hydrogens (tertiary/aromatic N) is 1. The lowest BCUT2D eigenvalue weighted by Gasteiger charge is -2.08. The van der Waals surface area contributed by atoms with E-state index in [2.05, 4.69) is 4.98 Å². The third-order valence-corrected chi connectivity index (χ3v) is 5.08. The van der Waals surface area contributed by atoms with E-state index in [1.807, 2.05) is 0 Å². The fourth-order valence-corrected chi connectivity index (χ4v) is 3.88. The molecule has 0 unspecified atom stereocenters. The van der Waals surface area contributed by atoms with Crippen LogP contribution in [0.3, 0.4) is 0 Å². The predicted octanol–water partition coefficient (Wildman–Crippen LogP) is 4.61. The summed E-state index contributed by atoms with van der Waals surface area (Å²) in [5.74, 6) is -1.28. The summed E-state index contributed by atoms with van der Waals surface area (Å²) < 4.78 is 43.9. The van der Waals surface area contributed by atoms with Crippen LogP contribution in [0, 0.1) is 6.92 Å². The Morgan fingerprint density at radius 1 is 1.25 bits per heavy atom. The number of thiophene rings is 1. The molecular weight excluding hydrogens is 393 g/mol. The average molecular weight is 408 g/mol. The molecule has 2 aromatic heterocycles. The van der Waals surface area contributed by atoms with E-state index >= 15 is 0 Å². The topological polar surface area (TPSA) is 82.3 Å². The molecule has 3 aromatic rings. The number of benzene rings is 1. The monoisotopic (exact) mass is 408 g/mol. The molecule has 0 saturated heterocycles. The molecule has 0 aliphatic rings. The zero-order chi connectivity index (χ0) is 20.6. The zero-order valence-corrected chi connectivity index (χ0v) is 15.7. The van der Waals surface area contributed by atoms with Crippen molar-refractivity contribution in [3.05, 3.63) is 57.6 Å². The average Bonchev–Trinajstić information content (AvgIpc) is 2.96. The maximum Gasteiger partial charge on any atom is 0.416 e. The molecule has 0 spiro atoms. The summed E-state index contributed by atoms with van der Waals surface area (Å²) in [4.78, 5) is 29.7. The molecule has 146 valence electrons. The lowest BCUT2D eigenvalue weighted by molar-refractivity contribution is -0.137. The SMILES string of the molecule is CCOC(=O)c1cc(C)nc2sc(C(=O)c3cccc(C(F)(F)F)c3)c(N)c12. The van der Waals surface area contributed by atoms with Gasteiger partial charge in [-0.3, -0.25) is 4.79 Å². The van der Waals surface area contributed by atoms with E-state index in [0.717, 1.165) is 29.5 Å². The van der Waals surface area contributed by atoms with Crippen LogP contribution in [0.25, 0.3) is 10.2 Å². The smallest absolute Gasteiger partial charge is 0.416 e. The van der Waals surface area contributed by atoms with Crippen LogP contribution in [-0.2, 0) is 10.9 Å². The highest BCUT2D eigenvalue weighted by atomic mass is 32.1. The fourth-order valence-electron chi connectivity index (χ4n) is 2.75. The van der Waals surface area contributed by atoms with Gasteiger partial charge in [-0.05, 0) is 32.0 Å². The van der Waals surface area contributed by atoms with E-state index in [4.69, 9.17) is 10.5 Å². The Kier molecular flexibility index (Phi) is 5.12. The first-order valence-corrected chi connectivity index (χ1v) is 9.03. The molecular formula is C19H15F3N2O3S. The van der Waals surface area contributed by atoms with E-state index in [1.54, 1.807) is 13.8 Å². The van der Waals surface area contributed by atoms with Gasteiger partial charge in [0.15, 0.2) is 0 Å². The summed E-state index contributed by atoms with van der Waals surface area (Å²) in [7, 11) is 0. The van der Waals surface area contributed by atoms with Crippen LogP contribution in [-0.4, -0.2) is 23.3 Å². The number of carbonyl (C=O) groups is 2. The number of rotatable bonds is 4. The number of ketones is 1. The lowest BCUT2D eigenvalue weighted by Crippen LogP contribution is -2.09. The van der Waals surface area contributed by atoms with Crippen molar-refractivity contribution in [1.29, 1.82) is 0 Å². The molecule has 0 atom stereocenters. The largest absolute Gasteiger partial charge is 0.462 e. The van der Waals surface area contributed by atoms with Crippen LogP contribution < -0.4 is 5.73 Å². The molecule has 0 radical (unpaired) electrons. The van der Waals surface area contributed by atoms with Gasteiger partial charge in [0.2, 0.25) is 5.78 Å². The molecule has 0 aliphatic heterocycles. The van der Waals surface area contributed by atoms with Crippen molar-refractivity contribution in [2.45, 2.75) is 20.0 Å². The number of esters is 1. The van der Waals surface area contributed by atoms with Gasteiger partial charge in [-0.15, -0.1) is 11.3 Å². The Bertz CT molecular complexity index is 1090. The molecule has 9 heteroatoms. The van der Waals surface area contributed by atoms with Gasteiger partial charge in [0.1, 0.15) is 9.71 Å². The third-order valence-electron chi connectivity index (χ3n) is 3.98. The first-order valence-electron chi connectivity index (χ1n) is 8.22. The molecule has 2 N–H and O–H groups in total. The van der Waals surface area contributed by atoms with E-state index < -0.39 is 23.5 Å². The van der Waals surface area contributed by atoms with E-state index in [-0.39, 0.29) is 33.7 Å². The molecule has 0 saturated carbocycles. The van der Waals surface area contributed by atoms with Crippen molar-refractivity contribution < 1.29 is 27.5 Å². The van der Waals surface area contributed by atoms with Crippen LogP contribution in [0.2, 0.25) is 0 Å². The Morgan fingerprint density at radius 2 is 1.96 bits per heavy atom. The minimum atomic E-state index is -4.57. The Hall–Kier alpha value is -2.94. The van der Waals surface area contributed by atoms with Gasteiger partial charge in [-0.2, -0.15) is 13.2 Å². The maximum absolute atomic E-state index is 12.9. The number of fused-ring (bicyclic) bond motifs is 1. The quantitative estimate of drug-likeness (QED) is 0.503. The number of alkyl halides is 3. The molecule has 0 bridgehead atoms. The minimum absolute atomic E-state index is 0.00188. The summed E-state index contributed by atoms with van der Waals surface area (Å²) in [5.41, 5.74) is 5.71. The van der Waals surface area contributed by atoms with Gasteiger partial charge < -0.3 is 10.5 Å². The van der Waals surface area contributed by atoms with Gasteiger partial charge >= 0.3 is 12.1 Å². The number of nitrogen functional groups attached to an aromatic ring is 1. The summed E-state index contributed by atoms with van der Waals surface area (Å²) in [6.07, 6.45) is -4.57. The van der Waals surface area contributed by atoms with Crippen LogP contribution in [0.1, 0.15) is 43.8 Å². The van der Waals surface area contributed by atoms with E-state index in [0.29, 0.717) is 10.5 Å². The standard InChI is InChI=1S/C19H15F3N2O3S/c1-3-27-18(26)12-7-9(2)24-17-13(12)14(23)16(28-17)15(25)10-5-4-6-11(8-10)19(20,21)22/h4-8H,3,23H2,1-2H3. The number of ether oxygens (including phenoxy) is 1.